The zero-order valence-electron chi connectivity index (χ0n) is 31.6. The molecule has 1 heteroatoms. The molecule has 0 radical (unpaired) electrons. The molecule has 0 N–H and O–H groups in total. The van der Waals surface area contributed by atoms with E-state index in [-0.39, 0.29) is 5.41 Å². The summed E-state index contributed by atoms with van der Waals surface area (Å²) in [5.74, 6) is 2.53. The summed E-state index contributed by atoms with van der Waals surface area (Å²) in [6.07, 6.45) is 5.64. The van der Waals surface area contributed by atoms with Crippen LogP contribution in [0.1, 0.15) is 67.7 Å². The summed E-state index contributed by atoms with van der Waals surface area (Å²) in [4.78, 5) is 2.47. The molecule has 54 heavy (non-hydrogen) atoms. The zero-order chi connectivity index (χ0) is 36.4. The summed E-state index contributed by atoms with van der Waals surface area (Å²) in [6.45, 7) is 7.02. The van der Waals surface area contributed by atoms with Crippen LogP contribution >= 0.6 is 0 Å². The van der Waals surface area contributed by atoms with Gasteiger partial charge in [-0.05, 0) is 147 Å². The van der Waals surface area contributed by atoms with Crippen molar-refractivity contribution in [2.75, 3.05) is 4.90 Å². The highest BCUT2D eigenvalue weighted by atomic mass is 15.1. The van der Waals surface area contributed by atoms with E-state index in [9.17, 15) is 0 Å². The van der Waals surface area contributed by atoms with Gasteiger partial charge >= 0.3 is 0 Å². The van der Waals surface area contributed by atoms with Gasteiger partial charge in [-0.2, -0.15) is 0 Å². The molecule has 10 rings (SSSR count). The van der Waals surface area contributed by atoms with Gasteiger partial charge < -0.3 is 4.90 Å². The van der Waals surface area contributed by atoms with Crippen molar-refractivity contribution in [1.29, 1.82) is 0 Å². The summed E-state index contributed by atoms with van der Waals surface area (Å²) in [5.41, 5.74) is 19.4. The second-order valence-corrected chi connectivity index (χ2v) is 16.6. The van der Waals surface area contributed by atoms with Crippen molar-refractivity contribution in [2.45, 2.75) is 57.8 Å². The molecule has 1 nitrogen and oxygen atoms in total. The maximum absolute atomic E-state index is 2.47. The fraction of sp³-hybridized carbons (Fsp3) is 0.208. The molecule has 7 aromatic carbocycles. The molecule has 3 unspecified atom stereocenters. The molecular weight excluding hydrogens is 651 g/mol. The van der Waals surface area contributed by atoms with Crippen LogP contribution < -0.4 is 4.90 Å². The minimum Gasteiger partial charge on any atom is -0.310 e. The fourth-order valence-electron chi connectivity index (χ4n) is 10.4. The topological polar surface area (TPSA) is 3.24 Å². The van der Waals surface area contributed by atoms with E-state index in [1.54, 1.807) is 0 Å². The van der Waals surface area contributed by atoms with E-state index in [1.807, 2.05) is 0 Å². The van der Waals surface area contributed by atoms with Gasteiger partial charge in [0.2, 0.25) is 0 Å². The van der Waals surface area contributed by atoms with Crippen molar-refractivity contribution >= 4 is 17.1 Å². The maximum Gasteiger partial charge on any atom is 0.0465 e. The van der Waals surface area contributed by atoms with Crippen molar-refractivity contribution in [3.63, 3.8) is 0 Å². The van der Waals surface area contributed by atoms with E-state index in [1.165, 1.54) is 104 Å². The van der Waals surface area contributed by atoms with Crippen LogP contribution in [0.3, 0.4) is 0 Å². The molecule has 3 aliphatic rings. The number of rotatable bonds is 7. The summed E-state index contributed by atoms with van der Waals surface area (Å²) in [7, 11) is 0. The highest BCUT2D eigenvalue weighted by Gasteiger charge is 2.40. The second kappa shape index (κ2) is 13.0. The van der Waals surface area contributed by atoms with E-state index in [4.69, 9.17) is 0 Å². The zero-order valence-corrected chi connectivity index (χ0v) is 31.6. The van der Waals surface area contributed by atoms with Crippen molar-refractivity contribution in [2.24, 2.45) is 11.8 Å². The van der Waals surface area contributed by atoms with Crippen molar-refractivity contribution in [1.82, 2.24) is 0 Å². The molecule has 2 saturated carbocycles. The first-order valence-electron chi connectivity index (χ1n) is 19.9. The van der Waals surface area contributed by atoms with E-state index < -0.39 is 0 Å². The van der Waals surface area contributed by atoms with E-state index in [2.05, 4.69) is 189 Å². The standard InChI is InChI=1S/C53H47N/c1-35-12-11-19-50-52(35)48-31-30-43(34-51(48)53(50,2)3)54(42-28-24-39(25-29-42)49-33-36-20-21-40(49)32-36)41-26-22-38(23-27-41)45-16-8-10-18-47(45)46-17-9-7-15-44(46)37-13-5-4-6-14-37/h4-19,22-31,34,36,40,49H,20-21,32-33H2,1-3H3. The Balaban J connectivity index is 1.06. The largest absolute Gasteiger partial charge is 0.310 e. The third kappa shape index (κ3) is 5.44. The molecule has 2 fully saturated rings. The minimum absolute atomic E-state index is 0.0758. The molecule has 0 aromatic heterocycles. The Morgan fingerprint density at radius 1 is 0.481 bits per heavy atom. The maximum atomic E-state index is 2.47. The van der Waals surface area contributed by atoms with Gasteiger partial charge in [-0.15, -0.1) is 0 Å². The highest BCUT2D eigenvalue weighted by Crippen LogP contribution is 2.54. The Bertz CT molecular complexity index is 2490. The Labute approximate surface area is 321 Å². The Morgan fingerprint density at radius 2 is 1.07 bits per heavy atom. The molecule has 0 aliphatic heterocycles. The fourth-order valence-corrected chi connectivity index (χ4v) is 10.4. The first-order chi connectivity index (χ1) is 26.4. The van der Waals surface area contributed by atoms with E-state index in [0.717, 1.165) is 23.4 Å². The third-order valence-corrected chi connectivity index (χ3v) is 13.1. The highest BCUT2D eigenvalue weighted by molar-refractivity contribution is 5.92. The van der Waals surface area contributed by atoms with E-state index in [0.29, 0.717) is 0 Å². The molecule has 7 aromatic rings. The number of anilines is 3. The van der Waals surface area contributed by atoms with Crippen LogP contribution in [0.4, 0.5) is 17.1 Å². The minimum atomic E-state index is -0.0758. The van der Waals surface area contributed by atoms with Crippen LogP contribution in [0.15, 0.2) is 164 Å². The van der Waals surface area contributed by atoms with Gasteiger partial charge in [-0.25, -0.2) is 0 Å². The molecule has 0 amide bonds. The Kier molecular flexibility index (Phi) is 7.95. The summed E-state index contributed by atoms with van der Waals surface area (Å²) in [6, 6.07) is 61.2. The molecule has 3 aliphatic carbocycles. The normalized spacial score (nSPS) is 19.1. The van der Waals surface area contributed by atoms with Gasteiger partial charge in [0.15, 0.2) is 0 Å². The number of aryl methyl sites for hydroxylation is 1. The number of hydrogen-bond donors (Lipinski definition) is 0. The lowest BCUT2D eigenvalue weighted by Crippen LogP contribution is -2.16. The lowest BCUT2D eigenvalue weighted by atomic mass is 9.82. The number of nitrogens with zero attached hydrogens (tertiary/aromatic N) is 1. The quantitative estimate of drug-likeness (QED) is 0.160. The van der Waals surface area contributed by atoms with Crippen LogP contribution in [0.2, 0.25) is 0 Å². The molecule has 0 saturated heterocycles. The summed E-state index contributed by atoms with van der Waals surface area (Å²) < 4.78 is 0. The van der Waals surface area contributed by atoms with E-state index >= 15 is 0 Å². The SMILES string of the molecule is Cc1cccc2c1-c1ccc(N(c3ccc(-c4ccccc4-c4ccccc4-c4ccccc4)cc3)c3ccc(C4CC5CCC4C5)cc3)cc1C2(C)C. The predicted octanol–water partition coefficient (Wildman–Crippen LogP) is 14.7. The number of hydrogen-bond acceptors (Lipinski definition) is 1. The van der Waals surface area contributed by atoms with Crippen LogP contribution in [0, 0.1) is 18.8 Å². The summed E-state index contributed by atoms with van der Waals surface area (Å²) in [5, 5.41) is 0. The molecular formula is C53H47N. The first-order valence-corrected chi connectivity index (χ1v) is 19.9. The molecule has 2 bridgehead atoms. The van der Waals surface area contributed by atoms with Gasteiger partial charge in [0.25, 0.3) is 0 Å². The van der Waals surface area contributed by atoms with Crippen LogP contribution in [0.25, 0.3) is 44.5 Å². The lowest BCUT2D eigenvalue weighted by Gasteiger charge is -2.29. The second-order valence-electron chi connectivity index (χ2n) is 16.6. The van der Waals surface area contributed by atoms with Gasteiger partial charge in [0.05, 0.1) is 0 Å². The molecule has 3 atom stereocenters. The van der Waals surface area contributed by atoms with Crippen molar-refractivity contribution < 1.29 is 0 Å². The third-order valence-electron chi connectivity index (χ3n) is 13.1. The molecule has 264 valence electrons. The van der Waals surface area contributed by atoms with Crippen molar-refractivity contribution in [3.05, 3.63) is 186 Å². The average molecular weight is 698 g/mol. The van der Waals surface area contributed by atoms with Crippen LogP contribution in [-0.2, 0) is 5.41 Å². The van der Waals surface area contributed by atoms with Crippen LogP contribution in [0.5, 0.6) is 0 Å². The Morgan fingerprint density at radius 3 is 1.70 bits per heavy atom. The first kappa shape index (κ1) is 32.9. The average Bonchev–Trinajstić information content (AvgIpc) is 3.92. The smallest absolute Gasteiger partial charge is 0.0465 e. The molecule has 0 heterocycles. The van der Waals surface area contributed by atoms with Gasteiger partial charge in [-0.1, -0.05) is 148 Å². The van der Waals surface area contributed by atoms with Crippen molar-refractivity contribution in [3.8, 4) is 44.5 Å². The number of fused-ring (bicyclic) bond motifs is 5. The van der Waals surface area contributed by atoms with Gasteiger partial charge in [0.1, 0.15) is 0 Å². The Hall–Kier alpha value is -5.66. The summed E-state index contributed by atoms with van der Waals surface area (Å²) >= 11 is 0. The number of benzene rings is 7. The molecule has 0 spiro atoms. The van der Waals surface area contributed by atoms with Gasteiger partial charge in [-0.3, -0.25) is 0 Å². The lowest BCUT2D eigenvalue weighted by molar-refractivity contribution is 0.420. The predicted molar refractivity (Wildman–Crippen MR) is 228 cm³/mol. The van der Waals surface area contributed by atoms with Crippen LogP contribution in [-0.4, -0.2) is 0 Å². The van der Waals surface area contributed by atoms with Gasteiger partial charge in [0, 0.05) is 22.5 Å². The monoisotopic (exact) mass is 697 g/mol.